The third kappa shape index (κ3) is 2.82. The number of hydrogen-bond donors (Lipinski definition) is 1. The zero-order valence-corrected chi connectivity index (χ0v) is 9.31. The summed E-state index contributed by atoms with van der Waals surface area (Å²) in [5.41, 5.74) is 1.95. The van der Waals surface area contributed by atoms with Crippen molar-refractivity contribution < 1.29 is 0 Å². The Morgan fingerprint density at radius 1 is 1.06 bits per heavy atom. The molecule has 0 aliphatic heterocycles. The fraction of sp³-hybridized carbons (Fsp3) is 0.143. The van der Waals surface area contributed by atoms with Gasteiger partial charge in [0.05, 0.1) is 0 Å². The van der Waals surface area contributed by atoms with Gasteiger partial charge in [-0.1, -0.05) is 30.3 Å². The van der Waals surface area contributed by atoms with E-state index >= 15 is 0 Å². The van der Waals surface area contributed by atoms with Crippen molar-refractivity contribution in [2.24, 2.45) is 0 Å². The van der Waals surface area contributed by atoms with Gasteiger partial charge in [0.15, 0.2) is 0 Å². The molecular weight excluding hydrogens is 212 g/mol. The van der Waals surface area contributed by atoms with Gasteiger partial charge in [0.2, 0.25) is 0 Å². The van der Waals surface area contributed by atoms with Crippen molar-refractivity contribution in [2.75, 3.05) is 0 Å². The van der Waals surface area contributed by atoms with Crippen molar-refractivity contribution in [3.05, 3.63) is 69.6 Å². The monoisotopic (exact) mass is 224 g/mol. The first-order valence-corrected chi connectivity index (χ1v) is 5.46. The summed E-state index contributed by atoms with van der Waals surface area (Å²) in [5.74, 6) is 0. The molecule has 0 radical (unpaired) electrons. The predicted molar refractivity (Wildman–Crippen MR) is 65.6 cm³/mol. The fourth-order valence-corrected chi connectivity index (χ4v) is 1.67. The lowest BCUT2D eigenvalue weighted by Crippen LogP contribution is -2.12. The van der Waals surface area contributed by atoms with Crippen molar-refractivity contribution in [1.82, 2.24) is 4.98 Å². The number of aromatic nitrogens is 1. The van der Waals surface area contributed by atoms with E-state index in [1.165, 1.54) is 5.56 Å². The topological polar surface area (TPSA) is 56.6 Å². The Kier molecular flexibility index (Phi) is 3.37. The Bertz CT molecular complexity index is 594. The number of aryl methyl sites for hydroxylation is 2. The van der Waals surface area contributed by atoms with E-state index in [2.05, 4.69) is 17.1 Å². The number of nitriles is 1. The molecule has 0 spiro atoms. The van der Waals surface area contributed by atoms with Crippen molar-refractivity contribution in [3.8, 4) is 6.07 Å². The summed E-state index contributed by atoms with van der Waals surface area (Å²) < 4.78 is 0. The van der Waals surface area contributed by atoms with Crippen LogP contribution in [0.4, 0.5) is 0 Å². The minimum Gasteiger partial charge on any atom is -0.325 e. The smallest absolute Gasteiger partial charge is 0.266 e. The van der Waals surface area contributed by atoms with Gasteiger partial charge in [-0.2, -0.15) is 5.26 Å². The largest absolute Gasteiger partial charge is 0.325 e. The normalized spacial score (nSPS) is 9.82. The van der Waals surface area contributed by atoms with Crippen LogP contribution in [0.25, 0.3) is 0 Å². The minimum atomic E-state index is -0.307. The van der Waals surface area contributed by atoms with Crippen LogP contribution < -0.4 is 5.56 Å². The number of pyridine rings is 1. The number of nitrogens with one attached hydrogen (secondary N) is 1. The highest BCUT2D eigenvalue weighted by atomic mass is 16.1. The molecule has 1 N–H and O–H groups in total. The summed E-state index contributed by atoms with van der Waals surface area (Å²) >= 11 is 0. The Labute approximate surface area is 99.4 Å². The molecule has 3 nitrogen and oxygen atoms in total. The van der Waals surface area contributed by atoms with Crippen LogP contribution in [0.1, 0.15) is 16.8 Å². The molecular formula is C14H12N2O. The molecule has 2 rings (SSSR count). The molecule has 0 bridgehead atoms. The molecule has 1 aromatic carbocycles. The zero-order chi connectivity index (χ0) is 12.1. The Morgan fingerprint density at radius 3 is 2.47 bits per heavy atom. The second-order valence-electron chi connectivity index (χ2n) is 3.82. The van der Waals surface area contributed by atoms with Crippen molar-refractivity contribution in [1.29, 1.82) is 5.26 Å². The molecule has 1 aromatic heterocycles. The third-order valence-electron chi connectivity index (χ3n) is 2.62. The average molecular weight is 224 g/mol. The molecule has 84 valence electrons. The van der Waals surface area contributed by atoms with Crippen molar-refractivity contribution in [2.45, 2.75) is 12.8 Å². The maximum atomic E-state index is 11.4. The van der Waals surface area contributed by atoms with Crippen LogP contribution >= 0.6 is 0 Å². The van der Waals surface area contributed by atoms with Gasteiger partial charge in [0.25, 0.3) is 5.56 Å². The molecule has 0 amide bonds. The zero-order valence-electron chi connectivity index (χ0n) is 9.31. The van der Waals surface area contributed by atoms with Gasteiger partial charge in [-0.05, 0) is 30.5 Å². The summed E-state index contributed by atoms with van der Waals surface area (Å²) in [6, 6.07) is 15.3. The maximum Gasteiger partial charge on any atom is 0.266 e. The number of hydrogen-bond acceptors (Lipinski definition) is 2. The molecule has 3 heteroatoms. The SMILES string of the molecule is N#Cc1ccc(CCc2ccccc2)[nH]c1=O. The van der Waals surface area contributed by atoms with E-state index < -0.39 is 0 Å². The van der Waals surface area contributed by atoms with E-state index in [0.29, 0.717) is 0 Å². The molecule has 0 aliphatic carbocycles. The summed E-state index contributed by atoms with van der Waals surface area (Å²) in [4.78, 5) is 14.1. The number of nitrogens with zero attached hydrogens (tertiary/aromatic N) is 1. The van der Waals surface area contributed by atoms with Crippen LogP contribution in [0.15, 0.2) is 47.3 Å². The van der Waals surface area contributed by atoms with E-state index in [1.807, 2.05) is 24.3 Å². The highest BCUT2D eigenvalue weighted by Crippen LogP contribution is 2.04. The lowest BCUT2D eigenvalue weighted by Gasteiger charge is -2.01. The van der Waals surface area contributed by atoms with E-state index in [9.17, 15) is 4.79 Å². The Balaban J connectivity index is 2.08. The summed E-state index contributed by atoms with van der Waals surface area (Å²) in [7, 11) is 0. The van der Waals surface area contributed by atoms with E-state index in [1.54, 1.807) is 12.1 Å². The molecule has 2 aromatic rings. The highest BCUT2D eigenvalue weighted by Gasteiger charge is 2.00. The van der Waals surface area contributed by atoms with Crippen LogP contribution in [0, 0.1) is 11.3 Å². The lowest BCUT2D eigenvalue weighted by molar-refractivity contribution is 0.902. The first-order chi connectivity index (χ1) is 8.29. The molecule has 0 unspecified atom stereocenters. The van der Waals surface area contributed by atoms with Gasteiger partial charge in [0.1, 0.15) is 11.6 Å². The third-order valence-corrected chi connectivity index (χ3v) is 2.62. The van der Waals surface area contributed by atoms with Gasteiger partial charge in [-0.25, -0.2) is 0 Å². The first-order valence-electron chi connectivity index (χ1n) is 5.46. The first kappa shape index (κ1) is 11.2. The number of aromatic amines is 1. The molecule has 17 heavy (non-hydrogen) atoms. The van der Waals surface area contributed by atoms with E-state index in [-0.39, 0.29) is 11.1 Å². The number of H-pyrrole nitrogens is 1. The highest BCUT2D eigenvalue weighted by molar-refractivity contribution is 5.27. The summed E-state index contributed by atoms with van der Waals surface area (Å²) in [6.45, 7) is 0. The van der Waals surface area contributed by atoms with Crippen LogP contribution in [0.2, 0.25) is 0 Å². The van der Waals surface area contributed by atoms with Crippen LogP contribution in [-0.4, -0.2) is 4.98 Å². The Morgan fingerprint density at radius 2 is 1.82 bits per heavy atom. The molecule has 0 atom stereocenters. The second-order valence-corrected chi connectivity index (χ2v) is 3.82. The van der Waals surface area contributed by atoms with Crippen LogP contribution in [-0.2, 0) is 12.8 Å². The van der Waals surface area contributed by atoms with Gasteiger partial charge < -0.3 is 4.98 Å². The second kappa shape index (κ2) is 5.13. The average Bonchev–Trinajstić information content (AvgIpc) is 2.38. The molecule has 0 fully saturated rings. The van der Waals surface area contributed by atoms with E-state index in [0.717, 1.165) is 18.5 Å². The predicted octanol–water partition coefficient (Wildman–Crippen LogP) is 2.03. The van der Waals surface area contributed by atoms with Gasteiger partial charge >= 0.3 is 0 Å². The van der Waals surface area contributed by atoms with Crippen molar-refractivity contribution >= 4 is 0 Å². The molecule has 0 aliphatic rings. The standard InChI is InChI=1S/C14H12N2O/c15-10-12-7-9-13(16-14(12)17)8-6-11-4-2-1-3-5-11/h1-5,7,9H,6,8H2,(H,16,17). The molecule has 0 saturated heterocycles. The van der Waals surface area contributed by atoms with Crippen LogP contribution in [0.5, 0.6) is 0 Å². The fourth-order valence-electron chi connectivity index (χ4n) is 1.67. The van der Waals surface area contributed by atoms with E-state index in [4.69, 9.17) is 5.26 Å². The van der Waals surface area contributed by atoms with Crippen molar-refractivity contribution in [3.63, 3.8) is 0 Å². The minimum absolute atomic E-state index is 0.161. The van der Waals surface area contributed by atoms with Crippen LogP contribution in [0.3, 0.4) is 0 Å². The molecule has 1 heterocycles. The summed E-state index contributed by atoms with van der Waals surface area (Å²) in [6.07, 6.45) is 1.65. The maximum absolute atomic E-state index is 11.4. The van der Waals surface area contributed by atoms with Gasteiger partial charge in [-0.3, -0.25) is 4.79 Å². The molecule has 0 saturated carbocycles. The number of benzene rings is 1. The number of rotatable bonds is 3. The van der Waals surface area contributed by atoms with Gasteiger partial charge in [0, 0.05) is 5.69 Å². The quantitative estimate of drug-likeness (QED) is 0.867. The lowest BCUT2D eigenvalue weighted by atomic mass is 10.1. The summed E-state index contributed by atoms with van der Waals surface area (Å²) in [5, 5.41) is 8.65. The Hall–Kier alpha value is -2.34. The van der Waals surface area contributed by atoms with Gasteiger partial charge in [-0.15, -0.1) is 0 Å².